The first-order valence-electron chi connectivity index (χ1n) is 5.50. The van der Waals surface area contributed by atoms with Gasteiger partial charge in [-0.15, -0.1) is 5.10 Å². The average Bonchev–Trinajstić information content (AvgIpc) is 2.55. The highest BCUT2D eigenvalue weighted by Gasteiger charge is 2.13. The second kappa shape index (κ2) is 5.30. The normalized spacial score (nSPS) is 11.0. The second-order valence-electron chi connectivity index (χ2n) is 4.01. The van der Waals surface area contributed by atoms with E-state index in [0.29, 0.717) is 10.7 Å². The van der Waals surface area contributed by atoms with Crippen molar-refractivity contribution in [3.8, 4) is 0 Å². The minimum absolute atomic E-state index is 0.625. The molecule has 5 heteroatoms. The molecular weight excluding hydrogens is 208 g/mol. The van der Waals surface area contributed by atoms with Crippen LogP contribution in [-0.4, -0.2) is 27.9 Å². The first-order valence-corrected chi connectivity index (χ1v) is 5.91. The number of hydrogen-bond donors (Lipinski definition) is 1. The second-order valence-corrected chi connectivity index (χ2v) is 4.39. The molecule has 86 valence electrons. The van der Waals surface area contributed by atoms with Crippen molar-refractivity contribution in [2.24, 2.45) is 5.92 Å². The molecule has 0 unspecified atom stereocenters. The first kappa shape index (κ1) is 12.2. The topological polar surface area (TPSA) is 36.9 Å². The Hall–Kier alpha value is -0.840. The molecule has 0 aromatic carbocycles. The van der Waals surface area contributed by atoms with Gasteiger partial charge < -0.3 is 4.90 Å². The van der Waals surface area contributed by atoms with Crippen LogP contribution in [0.5, 0.6) is 0 Å². The molecule has 0 radical (unpaired) electrons. The van der Waals surface area contributed by atoms with Gasteiger partial charge in [0.05, 0.1) is 0 Å². The van der Waals surface area contributed by atoms with Gasteiger partial charge in [-0.3, -0.25) is 4.57 Å². The number of rotatable bonds is 5. The molecule has 0 aliphatic carbocycles. The third-order valence-corrected chi connectivity index (χ3v) is 2.62. The maximum Gasteiger partial charge on any atom is 0.225 e. The molecule has 1 aromatic heterocycles. The molecular formula is C10H20N4S. The lowest BCUT2D eigenvalue weighted by molar-refractivity contribution is 0.594. The minimum Gasteiger partial charge on any atom is -0.341 e. The van der Waals surface area contributed by atoms with Gasteiger partial charge in [-0.2, -0.15) is 0 Å². The summed E-state index contributed by atoms with van der Waals surface area (Å²) in [6, 6.07) is 0. The number of anilines is 1. The van der Waals surface area contributed by atoms with Crippen molar-refractivity contribution in [2.45, 2.75) is 34.2 Å². The van der Waals surface area contributed by atoms with Crippen LogP contribution in [0.3, 0.4) is 0 Å². The summed E-state index contributed by atoms with van der Waals surface area (Å²) in [5.74, 6) is 1.58. The van der Waals surface area contributed by atoms with Gasteiger partial charge in [0.2, 0.25) is 5.95 Å². The number of aromatic nitrogens is 3. The van der Waals surface area contributed by atoms with E-state index in [2.05, 4.69) is 42.8 Å². The summed E-state index contributed by atoms with van der Waals surface area (Å²) in [5.41, 5.74) is 0. The molecule has 1 N–H and O–H groups in total. The van der Waals surface area contributed by atoms with Gasteiger partial charge in [-0.1, -0.05) is 13.8 Å². The summed E-state index contributed by atoms with van der Waals surface area (Å²) in [6.07, 6.45) is 0. The minimum atomic E-state index is 0.625. The van der Waals surface area contributed by atoms with Crippen LogP contribution in [0.1, 0.15) is 27.7 Å². The quantitative estimate of drug-likeness (QED) is 0.786. The summed E-state index contributed by atoms with van der Waals surface area (Å²) < 4.78 is 2.73. The van der Waals surface area contributed by atoms with Gasteiger partial charge in [-0.25, -0.2) is 5.10 Å². The SMILES string of the molecule is CCN(CC(C)C)c1n[nH]c(=S)n1CC. The standard InChI is InChI=1S/C10H20N4S/c1-5-13(7-8(3)4)9-11-12-10(15)14(9)6-2/h8H,5-7H2,1-4H3,(H,12,15). The Labute approximate surface area is 96.3 Å². The molecule has 0 amide bonds. The maximum absolute atomic E-state index is 5.17. The highest BCUT2D eigenvalue weighted by molar-refractivity contribution is 7.71. The Kier molecular flexibility index (Phi) is 4.32. The van der Waals surface area contributed by atoms with Crippen molar-refractivity contribution < 1.29 is 0 Å². The molecule has 15 heavy (non-hydrogen) atoms. The molecule has 1 rings (SSSR count). The molecule has 0 fully saturated rings. The highest BCUT2D eigenvalue weighted by Crippen LogP contribution is 2.12. The Morgan fingerprint density at radius 1 is 1.47 bits per heavy atom. The van der Waals surface area contributed by atoms with E-state index in [9.17, 15) is 0 Å². The third-order valence-electron chi connectivity index (χ3n) is 2.30. The van der Waals surface area contributed by atoms with Crippen molar-refractivity contribution in [1.29, 1.82) is 0 Å². The first-order chi connectivity index (χ1) is 7.10. The zero-order chi connectivity index (χ0) is 11.4. The predicted octanol–water partition coefficient (Wildman–Crippen LogP) is 2.44. The lowest BCUT2D eigenvalue weighted by atomic mass is 10.2. The monoisotopic (exact) mass is 228 g/mol. The Balaban J connectivity index is 2.96. The van der Waals surface area contributed by atoms with Crippen LogP contribution >= 0.6 is 12.2 Å². The largest absolute Gasteiger partial charge is 0.341 e. The molecule has 1 aromatic rings. The Morgan fingerprint density at radius 2 is 2.13 bits per heavy atom. The number of H-pyrrole nitrogens is 1. The van der Waals surface area contributed by atoms with E-state index in [1.807, 2.05) is 4.57 Å². The summed E-state index contributed by atoms with van der Waals surface area (Å²) in [6.45, 7) is 11.5. The number of nitrogens with zero attached hydrogens (tertiary/aromatic N) is 3. The molecule has 0 aliphatic rings. The smallest absolute Gasteiger partial charge is 0.225 e. The molecule has 1 heterocycles. The van der Waals surface area contributed by atoms with E-state index in [0.717, 1.165) is 25.6 Å². The lowest BCUT2D eigenvalue weighted by Gasteiger charge is -2.23. The molecule has 4 nitrogen and oxygen atoms in total. The predicted molar refractivity (Wildman–Crippen MR) is 65.8 cm³/mol. The summed E-state index contributed by atoms with van der Waals surface area (Å²) in [7, 11) is 0. The van der Waals surface area contributed by atoms with Crippen LogP contribution in [0.25, 0.3) is 0 Å². The van der Waals surface area contributed by atoms with Crippen LogP contribution in [0.2, 0.25) is 0 Å². The molecule has 0 atom stereocenters. The summed E-state index contributed by atoms with van der Waals surface area (Å²) in [5, 5.41) is 7.13. The van der Waals surface area contributed by atoms with Crippen LogP contribution in [-0.2, 0) is 6.54 Å². The molecule has 0 saturated carbocycles. The highest BCUT2D eigenvalue weighted by atomic mass is 32.1. The Bertz CT molecular complexity index is 353. The van der Waals surface area contributed by atoms with Crippen LogP contribution in [0, 0.1) is 10.7 Å². The van der Waals surface area contributed by atoms with Gasteiger partial charge in [-0.05, 0) is 32.0 Å². The molecule has 0 bridgehead atoms. The van der Waals surface area contributed by atoms with E-state index in [-0.39, 0.29) is 0 Å². The van der Waals surface area contributed by atoms with Crippen molar-refractivity contribution in [2.75, 3.05) is 18.0 Å². The van der Waals surface area contributed by atoms with Gasteiger partial charge in [0.15, 0.2) is 4.77 Å². The fourth-order valence-electron chi connectivity index (χ4n) is 1.63. The maximum atomic E-state index is 5.17. The van der Waals surface area contributed by atoms with Crippen LogP contribution < -0.4 is 4.90 Å². The third kappa shape index (κ3) is 2.81. The fraction of sp³-hybridized carbons (Fsp3) is 0.800. The summed E-state index contributed by atoms with van der Waals surface area (Å²) >= 11 is 5.17. The molecule has 0 saturated heterocycles. The molecule has 0 spiro atoms. The van der Waals surface area contributed by atoms with E-state index in [1.165, 1.54) is 0 Å². The van der Waals surface area contributed by atoms with Crippen molar-refractivity contribution in [3.05, 3.63) is 4.77 Å². The summed E-state index contributed by atoms with van der Waals surface area (Å²) in [4.78, 5) is 2.25. The van der Waals surface area contributed by atoms with Crippen molar-refractivity contribution in [3.63, 3.8) is 0 Å². The lowest BCUT2D eigenvalue weighted by Crippen LogP contribution is -2.30. The van der Waals surface area contributed by atoms with Gasteiger partial charge in [0.25, 0.3) is 0 Å². The van der Waals surface area contributed by atoms with E-state index in [1.54, 1.807) is 0 Å². The van der Waals surface area contributed by atoms with Crippen LogP contribution in [0.4, 0.5) is 5.95 Å². The molecule has 0 aliphatic heterocycles. The van der Waals surface area contributed by atoms with Crippen molar-refractivity contribution in [1.82, 2.24) is 14.8 Å². The van der Waals surface area contributed by atoms with Gasteiger partial charge >= 0.3 is 0 Å². The van der Waals surface area contributed by atoms with Crippen LogP contribution in [0.15, 0.2) is 0 Å². The number of hydrogen-bond acceptors (Lipinski definition) is 3. The zero-order valence-electron chi connectivity index (χ0n) is 9.95. The number of aromatic amines is 1. The zero-order valence-corrected chi connectivity index (χ0v) is 10.8. The van der Waals surface area contributed by atoms with Crippen molar-refractivity contribution >= 4 is 18.2 Å². The van der Waals surface area contributed by atoms with E-state index >= 15 is 0 Å². The van der Waals surface area contributed by atoms with E-state index in [4.69, 9.17) is 12.2 Å². The fourth-order valence-corrected chi connectivity index (χ4v) is 1.89. The van der Waals surface area contributed by atoms with E-state index < -0.39 is 0 Å². The average molecular weight is 228 g/mol. The van der Waals surface area contributed by atoms with Gasteiger partial charge in [0, 0.05) is 19.6 Å². The van der Waals surface area contributed by atoms with Gasteiger partial charge in [0.1, 0.15) is 0 Å². The number of nitrogens with one attached hydrogen (secondary N) is 1. The Morgan fingerprint density at radius 3 is 2.60 bits per heavy atom.